The molecule has 0 aliphatic rings. The van der Waals surface area contributed by atoms with Crippen LogP contribution < -0.4 is 16.0 Å². The molecule has 66 heavy (non-hydrogen) atoms. The molecule has 0 saturated carbocycles. The van der Waals surface area contributed by atoms with E-state index in [4.69, 9.17) is 28.4 Å². The van der Waals surface area contributed by atoms with Crippen molar-refractivity contribution in [2.24, 2.45) is 0 Å². The van der Waals surface area contributed by atoms with Crippen LogP contribution in [0.5, 0.6) is 0 Å². The van der Waals surface area contributed by atoms with E-state index in [0.717, 1.165) is 16.7 Å². The molecule has 0 aliphatic heterocycles. The summed E-state index contributed by atoms with van der Waals surface area (Å²) in [6.07, 6.45) is -3.07. The Balaban J connectivity index is 1.77. The number of nitrogens with one attached hydrogen (secondary N) is 3. The molecule has 15 nitrogen and oxygen atoms in total. The van der Waals surface area contributed by atoms with Crippen molar-refractivity contribution in [1.29, 1.82) is 0 Å². The Kier molecular flexibility index (Phi) is 18.7. The highest BCUT2D eigenvalue weighted by Gasteiger charge is 2.31. The molecule has 0 aromatic heterocycles. The lowest BCUT2D eigenvalue weighted by Gasteiger charge is -2.25. The van der Waals surface area contributed by atoms with Crippen molar-refractivity contribution >= 4 is 36.2 Å². The van der Waals surface area contributed by atoms with Crippen LogP contribution in [0.4, 0.5) is 14.4 Å². The number of amides is 3. The number of hydrogen-bond donors (Lipinski definition) is 3. The number of alkyl carbamates (subject to hydrolysis) is 3. The second-order valence-electron chi connectivity index (χ2n) is 18.6. The van der Waals surface area contributed by atoms with Crippen molar-refractivity contribution in [3.8, 4) is 0 Å². The highest BCUT2D eigenvalue weighted by Crippen LogP contribution is 2.20. The molecule has 0 spiro atoms. The Morgan fingerprint density at radius 1 is 0.379 bits per heavy atom. The van der Waals surface area contributed by atoms with E-state index in [-0.39, 0.29) is 39.1 Å². The molecular weight excluding hydrogens is 847 g/mol. The van der Waals surface area contributed by atoms with E-state index in [1.54, 1.807) is 153 Å². The van der Waals surface area contributed by atoms with Gasteiger partial charge < -0.3 is 44.4 Å². The van der Waals surface area contributed by atoms with Crippen LogP contribution in [0.25, 0.3) is 0 Å². The molecule has 0 aliphatic carbocycles. The van der Waals surface area contributed by atoms with Gasteiger partial charge in [-0.15, -0.1) is 0 Å². The van der Waals surface area contributed by atoms with E-state index in [0.29, 0.717) is 16.7 Å². The van der Waals surface area contributed by atoms with Crippen LogP contribution in [0.15, 0.2) is 109 Å². The Bertz CT molecular complexity index is 1970. The number of carbonyl (C=O) groups is 6. The minimum absolute atomic E-state index is 0.0797. The quantitative estimate of drug-likeness (QED) is 0.0641. The van der Waals surface area contributed by atoms with Crippen LogP contribution >= 0.6 is 0 Å². The first-order chi connectivity index (χ1) is 31.0. The second kappa shape index (κ2) is 23.9. The number of carbonyl (C=O) groups excluding carboxylic acids is 6. The zero-order valence-electron chi connectivity index (χ0n) is 39.3. The van der Waals surface area contributed by atoms with Crippen molar-refractivity contribution < 1.29 is 57.2 Å². The van der Waals surface area contributed by atoms with Gasteiger partial charge >= 0.3 is 36.2 Å². The van der Waals surface area contributed by atoms with Gasteiger partial charge in [-0.1, -0.05) is 109 Å². The molecule has 0 heterocycles. The van der Waals surface area contributed by atoms with E-state index in [1.807, 2.05) is 18.2 Å². The second-order valence-corrected chi connectivity index (χ2v) is 18.6. The lowest BCUT2D eigenvalue weighted by atomic mass is 9.94. The monoisotopic (exact) mass is 909 g/mol. The minimum atomic E-state index is -1.29. The predicted molar refractivity (Wildman–Crippen MR) is 246 cm³/mol. The SMILES string of the molecule is CC(C)(C)OC(=O)N[C@@H](Cc1cc(C[C@H](NC(=O)OC(C)(C)C)C(=O)OCc2ccccc2)cc(C[C@H](NC(=O)OC(C)(C)C)C(=O)OCc2ccccc2)c1)C(=O)OCc1ccccc1. The molecule has 15 heteroatoms. The maximum atomic E-state index is 13.8. The normalized spacial score (nSPS) is 12.9. The Labute approximate surface area is 387 Å². The fourth-order valence-corrected chi connectivity index (χ4v) is 6.32. The molecule has 0 radical (unpaired) electrons. The van der Waals surface area contributed by atoms with Crippen LogP contribution in [0.2, 0.25) is 0 Å². The van der Waals surface area contributed by atoms with Gasteiger partial charge in [0.05, 0.1) is 0 Å². The van der Waals surface area contributed by atoms with E-state index in [9.17, 15) is 28.8 Å². The third kappa shape index (κ3) is 19.9. The molecule has 3 N–H and O–H groups in total. The molecule has 4 aromatic carbocycles. The van der Waals surface area contributed by atoms with Crippen LogP contribution in [0.3, 0.4) is 0 Å². The number of benzene rings is 4. The topological polar surface area (TPSA) is 194 Å². The van der Waals surface area contributed by atoms with Crippen LogP contribution in [-0.4, -0.2) is 71.1 Å². The average molecular weight is 910 g/mol. The van der Waals surface area contributed by atoms with Crippen molar-refractivity contribution in [2.45, 2.75) is 136 Å². The summed E-state index contributed by atoms with van der Waals surface area (Å²) in [5.74, 6) is -2.29. The maximum absolute atomic E-state index is 13.8. The molecule has 3 amide bonds. The van der Waals surface area contributed by atoms with Crippen molar-refractivity contribution in [1.82, 2.24) is 16.0 Å². The summed E-state index contributed by atoms with van der Waals surface area (Å²) >= 11 is 0. The van der Waals surface area contributed by atoms with Gasteiger partial charge in [0.25, 0.3) is 0 Å². The molecule has 0 saturated heterocycles. The molecule has 0 unspecified atom stereocenters. The predicted octanol–water partition coefficient (Wildman–Crippen LogP) is 8.22. The minimum Gasteiger partial charge on any atom is -0.459 e. The van der Waals surface area contributed by atoms with Crippen molar-refractivity contribution in [3.05, 3.63) is 143 Å². The van der Waals surface area contributed by atoms with E-state index < -0.39 is 71.1 Å². The lowest BCUT2D eigenvalue weighted by molar-refractivity contribution is -0.148. The lowest BCUT2D eigenvalue weighted by Crippen LogP contribution is -2.46. The van der Waals surface area contributed by atoms with Crippen LogP contribution in [0, 0.1) is 0 Å². The summed E-state index contributed by atoms with van der Waals surface area (Å²) in [5, 5.41) is 7.93. The van der Waals surface area contributed by atoms with E-state index >= 15 is 0 Å². The van der Waals surface area contributed by atoms with Gasteiger partial charge in [0.15, 0.2) is 0 Å². The fourth-order valence-electron chi connectivity index (χ4n) is 6.32. The van der Waals surface area contributed by atoms with Crippen molar-refractivity contribution in [3.63, 3.8) is 0 Å². The van der Waals surface area contributed by atoms with Gasteiger partial charge in [-0.2, -0.15) is 0 Å². The Hall–Kier alpha value is -6.90. The summed E-state index contributed by atoms with van der Waals surface area (Å²) in [6, 6.07) is 28.3. The third-order valence-electron chi connectivity index (χ3n) is 9.03. The van der Waals surface area contributed by atoms with Crippen LogP contribution in [0.1, 0.15) is 95.7 Å². The van der Waals surface area contributed by atoms with Gasteiger partial charge in [0.1, 0.15) is 54.7 Å². The summed E-state index contributed by atoms with van der Waals surface area (Å²) in [6.45, 7) is 14.9. The summed E-state index contributed by atoms with van der Waals surface area (Å²) in [7, 11) is 0. The summed E-state index contributed by atoms with van der Waals surface area (Å²) in [4.78, 5) is 81.1. The molecule has 0 fully saturated rings. The van der Waals surface area contributed by atoms with Crippen molar-refractivity contribution in [2.75, 3.05) is 0 Å². The van der Waals surface area contributed by atoms with Gasteiger partial charge in [-0.3, -0.25) is 0 Å². The molecule has 354 valence electrons. The summed E-state index contributed by atoms with van der Waals surface area (Å²) in [5.41, 5.74) is 0.808. The molecule has 4 rings (SSSR count). The van der Waals surface area contributed by atoms with Gasteiger partial charge in [0, 0.05) is 19.3 Å². The number of rotatable bonds is 18. The highest BCUT2D eigenvalue weighted by molar-refractivity contribution is 5.83. The van der Waals surface area contributed by atoms with Gasteiger partial charge in [-0.25, -0.2) is 28.8 Å². The fraction of sp³-hybridized carbons (Fsp3) is 0.412. The number of ether oxygens (including phenoxy) is 6. The number of esters is 3. The first kappa shape index (κ1) is 51.7. The van der Waals surface area contributed by atoms with E-state index in [2.05, 4.69) is 16.0 Å². The van der Waals surface area contributed by atoms with Gasteiger partial charge in [0.2, 0.25) is 0 Å². The largest absolute Gasteiger partial charge is 0.459 e. The molecule has 0 bridgehead atoms. The Morgan fingerprint density at radius 3 is 0.818 bits per heavy atom. The summed E-state index contributed by atoms with van der Waals surface area (Å²) < 4.78 is 33.6. The van der Waals surface area contributed by atoms with Crippen LogP contribution in [-0.2, 0) is 81.9 Å². The maximum Gasteiger partial charge on any atom is 0.408 e. The highest BCUT2D eigenvalue weighted by atomic mass is 16.6. The smallest absolute Gasteiger partial charge is 0.408 e. The average Bonchev–Trinajstić information content (AvgIpc) is 3.22. The molecule has 3 atom stereocenters. The zero-order valence-corrected chi connectivity index (χ0v) is 39.3. The molecular formula is C51H63N3O12. The standard InChI is InChI=1S/C51H63N3O12/c1-49(2,3)64-46(58)52-40(43(55)61-31-34-19-13-10-14-20-34)28-37-25-38(29-41(53-47(59)65-50(4,5)6)44(56)62-32-35-21-15-11-16-22-35)27-39(26-37)30-42(54-48(60)66-51(7,8)9)45(57)63-33-36-23-17-12-18-24-36/h10-27,40-42H,28-33H2,1-9H3,(H,52,58)(H,53,59)(H,54,60)/t40-,41-,42-/m0/s1. The third-order valence-corrected chi connectivity index (χ3v) is 9.03. The zero-order chi connectivity index (χ0) is 48.5. The number of hydrogen-bond acceptors (Lipinski definition) is 12. The first-order valence-corrected chi connectivity index (χ1v) is 21.7. The molecule has 4 aromatic rings. The van der Waals surface area contributed by atoms with Gasteiger partial charge in [-0.05, 0) is 95.7 Å². The Morgan fingerprint density at radius 2 is 0.606 bits per heavy atom. The first-order valence-electron chi connectivity index (χ1n) is 21.7. The van der Waals surface area contributed by atoms with E-state index in [1.165, 1.54) is 0 Å².